The Bertz CT molecular complexity index is 61.9. The molecule has 0 heterocycles. The second-order valence-electron chi connectivity index (χ2n) is 1.71. The SMILES string of the molecule is [2H]C(C)C([2H])CCCC. The second kappa shape index (κ2) is 6.00. The topological polar surface area (TPSA) is 0 Å². The number of hydrogen-bond acceptors (Lipinski definition) is 0. The lowest BCUT2D eigenvalue weighted by Crippen LogP contribution is -1.70. The van der Waals surface area contributed by atoms with Gasteiger partial charge in [0.15, 0.2) is 0 Å². The molecular weight excluding hydrogens is 84.1 g/mol. The predicted octanol–water partition coefficient (Wildman–Crippen LogP) is 2.98. The Morgan fingerprint density at radius 2 is 2.00 bits per heavy atom. The first kappa shape index (κ1) is 3.94. The summed E-state index contributed by atoms with van der Waals surface area (Å²) in [4.78, 5) is 0. The summed E-state index contributed by atoms with van der Waals surface area (Å²) in [7, 11) is 0. The van der Waals surface area contributed by atoms with E-state index in [0.29, 0.717) is 0 Å². The Morgan fingerprint density at radius 1 is 1.29 bits per heavy atom. The molecule has 2 atom stereocenters. The van der Waals surface area contributed by atoms with Crippen LogP contribution in [0.2, 0.25) is 0 Å². The molecule has 0 radical (unpaired) electrons. The van der Waals surface area contributed by atoms with E-state index in [2.05, 4.69) is 6.92 Å². The van der Waals surface area contributed by atoms with Crippen molar-refractivity contribution in [3.8, 4) is 0 Å². The van der Waals surface area contributed by atoms with Crippen LogP contribution in [-0.4, -0.2) is 0 Å². The highest BCUT2D eigenvalue weighted by Crippen LogP contribution is 2.00. The minimum absolute atomic E-state index is 0.162. The summed E-state index contributed by atoms with van der Waals surface area (Å²) in [6, 6.07) is 0. The molecule has 44 valence electrons. The molecule has 7 heavy (non-hydrogen) atoms. The Balaban J connectivity index is 3.16. The van der Waals surface area contributed by atoms with E-state index in [1.165, 1.54) is 0 Å². The van der Waals surface area contributed by atoms with Crippen molar-refractivity contribution < 1.29 is 2.74 Å². The van der Waals surface area contributed by atoms with E-state index in [4.69, 9.17) is 2.74 Å². The van der Waals surface area contributed by atoms with Gasteiger partial charge in [-0.25, -0.2) is 0 Å². The molecule has 0 fully saturated rings. The van der Waals surface area contributed by atoms with Gasteiger partial charge in [-0.2, -0.15) is 0 Å². The normalized spacial score (nSPS) is 22.6. The van der Waals surface area contributed by atoms with E-state index < -0.39 is 0 Å². The van der Waals surface area contributed by atoms with Crippen LogP contribution in [0.5, 0.6) is 0 Å². The fourth-order valence-electron chi connectivity index (χ4n) is 0.489. The van der Waals surface area contributed by atoms with Crippen molar-refractivity contribution in [2.24, 2.45) is 0 Å². The fraction of sp³-hybridized carbons (Fsp3) is 1.00. The quantitative estimate of drug-likeness (QED) is 0.512. The molecule has 0 aliphatic carbocycles. The van der Waals surface area contributed by atoms with Gasteiger partial charge in [-0.1, -0.05) is 45.9 Å². The summed E-state index contributed by atoms with van der Waals surface area (Å²) >= 11 is 0. The van der Waals surface area contributed by atoms with E-state index in [0.717, 1.165) is 19.3 Å². The van der Waals surface area contributed by atoms with Crippen molar-refractivity contribution in [3.63, 3.8) is 0 Å². The maximum Gasteiger partial charge on any atom is 0.0266 e. The predicted molar refractivity (Wildman–Crippen MR) is 34.4 cm³/mol. The minimum Gasteiger partial charge on any atom is -0.0654 e. The summed E-state index contributed by atoms with van der Waals surface area (Å²) in [5.41, 5.74) is 0. The first-order valence-electron chi connectivity index (χ1n) is 4.18. The van der Waals surface area contributed by atoms with Gasteiger partial charge in [0.05, 0.1) is 0 Å². The molecule has 0 saturated heterocycles. The zero-order chi connectivity index (χ0) is 7.28. The van der Waals surface area contributed by atoms with Crippen molar-refractivity contribution in [2.75, 3.05) is 0 Å². The fourth-order valence-corrected chi connectivity index (χ4v) is 0.489. The largest absolute Gasteiger partial charge is 0.0654 e. The van der Waals surface area contributed by atoms with Gasteiger partial charge < -0.3 is 0 Å². The smallest absolute Gasteiger partial charge is 0.0266 e. The molecular formula is C7H16. The molecule has 0 bridgehead atoms. The zero-order valence-electron chi connectivity index (χ0n) is 7.28. The highest BCUT2D eigenvalue weighted by Gasteiger charge is 1.80. The van der Waals surface area contributed by atoms with E-state index in [1.54, 1.807) is 6.92 Å². The molecule has 0 saturated carbocycles. The van der Waals surface area contributed by atoms with Crippen LogP contribution in [0.3, 0.4) is 0 Å². The molecule has 0 nitrogen and oxygen atoms in total. The monoisotopic (exact) mass is 102 g/mol. The standard InChI is InChI=1S/C7H16/c1-3-5-7-6-4-2/h3-7H2,1-2H3/i3D,5D. The number of rotatable bonds is 4. The third-order valence-electron chi connectivity index (χ3n) is 0.960. The maximum atomic E-state index is 7.34. The van der Waals surface area contributed by atoms with Crippen LogP contribution in [0.4, 0.5) is 0 Å². The summed E-state index contributed by atoms with van der Waals surface area (Å²) in [6.07, 6.45) is 2.75. The van der Waals surface area contributed by atoms with Gasteiger partial charge in [-0.05, 0) is 0 Å². The van der Waals surface area contributed by atoms with Crippen molar-refractivity contribution in [1.29, 1.82) is 0 Å². The molecule has 0 amide bonds. The average Bonchev–Trinajstić information content (AvgIpc) is 1.82. The van der Waals surface area contributed by atoms with Crippen LogP contribution in [0.15, 0.2) is 0 Å². The lowest BCUT2D eigenvalue weighted by molar-refractivity contribution is 0.656. The molecule has 0 aliphatic rings. The first-order valence-corrected chi connectivity index (χ1v) is 3.03. The van der Waals surface area contributed by atoms with Crippen LogP contribution < -0.4 is 0 Å². The van der Waals surface area contributed by atoms with Crippen LogP contribution in [0.1, 0.15) is 48.6 Å². The van der Waals surface area contributed by atoms with E-state index in [1.807, 2.05) is 0 Å². The number of unbranched alkanes of at least 4 members (excludes halogenated alkanes) is 1. The van der Waals surface area contributed by atoms with Crippen LogP contribution in [0, 0.1) is 0 Å². The van der Waals surface area contributed by atoms with Crippen LogP contribution >= 0.6 is 0 Å². The number of hydrogen-bond donors (Lipinski definition) is 0. The van der Waals surface area contributed by atoms with Crippen LogP contribution in [0.25, 0.3) is 0 Å². The lowest BCUT2D eigenvalue weighted by atomic mass is 10.2. The zero-order valence-corrected chi connectivity index (χ0v) is 5.28. The van der Waals surface area contributed by atoms with E-state index in [-0.39, 0.29) is 12.8 Å². The summed E-state index contributed by atoms with van der Waals surface area (Å²) in [5, 5.41) is 0. The van der Waals surface area contributed by atoms with Crippen molar-refractivity contribution in [3.05, 3.63) is 0 Å². The first-order chi connectivity index (χ1) is 4.18. The minimum atomic E-state index is -0.212. The lowest BCUT2D eigenvalue weighted by Gasteiger charge is -1.90. The Labute approximate surface area is 49.7 Å². The third kappa shape index (κ3) is 6.00. The van der Waals surface area contributed by atoms with Crippen molar-refractivity contribution >= 4 is 0 Å². The Hall–Kier alpha value is 0. The van der Waals surface area contributed by atoms with Crippen molar-refractivity contribution in [1.82, 2.24) is 0 Å². The van der Waals surface area contributed by atoms with Crippen molar-refractivity contribution in [2.45, 2.75) is 45.9 Å². The molecule has 0 spiro atoms. The van der Waals surface area contributed by atoms with Gasteiger partial charge in [0, 0.05) is 2.74 Å². The summed E-state index contributed by atoms with van der Waals surface area (Å²) < 4.78 is 14.5. The Kier molecular flexibility index (Phi) is 3.38. The summed E-state index contributed by atoms with van der Waals surface area (Å²) in [6.45, 7) is 3.90. The molecule has 0 aromatic heterocycles. The van der Waals surface area contributed by atoms with Gasteiger partial charge >= 0.3 is 0 Å². The highest BCUT2D eigenvalue weighted by atomic mass is 13.9. The molecule has 0 aliphatic heterocycles. The molecule has 0 heteroatoms. The van der Waals surface area contributed by atoms with E-state index in [9.17, 15) is 0 Å². The maximum absolute atomic E-state index is 7.34. The molecule has 0 N–H and O–H groups in total. The Morgan fingerprint density at radius 3 is 2.43 bits per heavy atom. The molecule has 0 aromatic rings. The van der Waals surface area contributed by atoms with E-state index >= 15 is 0 Å². The molecule has 0 aromatic carbocycles. The highest BCUT2D eigenvalue weighted by molar-refractivity contribution is 4.35. The van der Waals surface area contributed by atoms with Crippen LogP contribution in [-0.2, 0) is 0 Å². The van der Waals surface area contributed by atoms with Gasteiger partial charge in [-0.3, -0.25) is 0 Å². The summed E-state index contributed by atoms with van der Waals surface area (Å²) in [5.74, 6) is 0. The van der Waals surface area contributed by atoms with Gasteiger partial charge in [0.2, 0.25) is 0 Å². The third-order valence-corrected chi connectivity index (χ3v) is 0.960. The second-order valence-corrected chi connectivity index (χ2v) is 1.71. The average molecular weight is 102 g/mol. The van der Waals surface area contributed by atoms with Gasteiger partial charge in [0.1, 0.15) is 0 Å². The van der Waals surface area contributed by atoms with Gasteiger partial charge in [-0.15, -0.1) is 0 Å². The van der Waals surface area contributed by atoms with Gasteiger partial charge in [0.25, 0.3) is 0 Å². The molecule has 0 rings (SSSR count). The molecule has 2 unspecified atom stereocenters.